The Bertz CT molecular complexity index is 4290. The van der Waals surface area contributed by atoms with Gasteiger partial charge in [-0.1, -0.05) is 36.4 Å². The number of aryl methyl sites for hydroxylation is 4. The molecule has 0 unspecified atom stereocenters. The van der Waals surface area contributed by atoms with E-state index in [0.29, 0.717) is 0 Å². The van der Waals surface area contributed by atoms with Crippen LogP contribution in [-0.4, -0.2) is 39.0 Å². The molecule has 0 amide bonds. The van der Waals surface area contributed by atoms with Crippen LogP contribution in [0.1, 0.15) is 22.3 Å². The van der Waals surface area contributed by atoms with E-state index in [4.69, 9.17) is 19.9 Å². The van der Waals surface area contributed by atoms with E-state index in [-0.39, 0.29) is 0 Å². The van der Waals surface area contributed by atoms with Crippen molar-refractivity contribution in [2.75, 3.05) is 0 Å². The normalized spacial score (nSPS) is 12.6. The van der Waals surface area contributed by atoms with Crippen molar-refractivity contribution in [3.05, 3.63) is 205 Å². The van der Waals surface area contributed by atoms with Crippen LogP contribution in [0.25, 0.3) is 132 Å². The smallest absolute Gasteiger partial charge is 0.0970 e. The lowest BCUT2D eigenvalue weighted by atomic mass is 9.84. The second-order valence-electron chi connectivity index (χ2n) is 18.8. The zero-order valence-electron chi connectivity index (χ0n) is 38.3. The lowest BCUT2D eigenvalue weighted by molar-refractivity contribution is 0.945. The molecule has 8 nitrogen and oxygen atoms in total. The first-order valence-electron chi connectivity index (χ1n) is 23.8. The van der Waals surface area contributed by atoms with E-state index in [1.165, 1.54) is 43.8 Å². The molecule has 0 atom stereocenters. The van der Waals surface area contributed by atoms with Crippen LogP contribution in [0.4, 0.5) is 0 Å². The number of aromatic nitrogens is 8. The summed E-state index contributed by atoms with van der Waals surface area (Å²) in [6.07, 6.45) is 17.1. The van der Waals surface area contributed by atoms with Crippen LogP contribution in [0.15, 0.2) is 183 Å². The van der Waals surface area contributed by atoms with Gasteiger partial charge < -0.3 is 9.13 Å². The van der Waals surface area contributed by atoms with Crippen molar-refractivity contribution in [1.29, 1.82) is 0 Å². The summed E-state index contributed by atoms with van der Waals surface area (Å²) in [6, 6.07) is 49.1. The van der Waals surface area contributed by atoms with Crippen LogP contribution in [-0.2, 0) is 12.8 Å². The van der Waals surface area contributed by atoms with Gasteiger partial charge >= 0.3 is 0 Å². The van der Waals surface area contributed by atoms with Gasteiger partial charge in [-0.3, -0.25) is 29.9 Å². The molecule has 1 aliphatic rings. The first-order chi connectivity index (χ1) is 34.5. The number of benzene rings is 6. The fraction of sp³-hybridized carbons (Fsp3) is 0.0645. The highest BCUT2D eigenvalue weighted by Gasteiger charge is 2.25. The quantitative estimate of drug-likeness (QED) is 0.164. The molecule has 14 aromatic rings. The molecule has 0 fully saturated rings. The second kappa shape index (κ2) is 14.7. The van der Waals surface area contributed by atoms with E-state index in [0.717, 1.165) is 123 Å². The van der Waals surface area contributed by atoms with Gasteiger partial charge in [0.25, 0.3) is 0 Å². The van der Waals surface area contributed by atoms with Crippen LogP contribution in [0.2, 0.25) is 0 Å². The van der Waals surface area contributed by atoms with Crippen LogP contribution in [0.5, 0.6) is 0 Å². The van der Waals surface area contributed by atoms with Gasteiger partial charge in [0.2, 0.25) is 0 Å². The minimum absolute atomic E-state index is 0.915. The molecule has 8 heterocycles. The molecule has 15 rings (SSSR count). The van der Waals surface area contributed by atoms with Gasteiger partial charge in [-0.15, -0.1) is 0 Å². The Balaban J connectivity index is 0.971. The highest BCUT2D eigenvalue weighted by molar-refractivity contribution is 6.17. The van der Waals surface area contributed by atoms with Gasteiger partial charge in [-0.2, -0.15) is 0 Å². The molecule has 8 aromatic heterocycles. The lowest BCUT2D eigenvalue weighted by Crippen LogP contribution is -2.05. The maximum atomic E-state index is 4.84. The lowest BCUT2D eigenvalue weighted by Gasteiger charge is -2.22. The molecule has 0 spiro atoms. The van der Waals surface area contributed by atoms with Crippen molar-refractivity contribution in [3.8, 4) is 44.8 Å². The Morgan fingerprint density at radius 1 is 0.357 bits per heavy atom. The predicted octanol–water partition coefficient (Wildman–Crippen LogP) is 14.6. The fourth-order valence-corrected chi connectivity index (χ4v) is 11.7. The summed E-state index contributed by atoms with van der Waals surface area (Å²) in [5, 5.41) is 9.20. The summed E-state index contributed by atoms with van der Waals surface area (Å²) >= 11 is 0. The first-order valence-corrected chi connectivity index (χ1v) is 23.8. The van der Waals surface area contributed by atoms with Crippen LogP contribution >= 0.6 is 0 Å². The molecule has 0 bridgehead atoms. The highest BCUT2D eigenvalue weighted by Crippen LogP contribution is 2.46. The van der Waals surface area contributed by atoms with Crippen LogP contribution in [0, 0.1) is 13.8 Å². The number of pyridine rings is 6. The molecule has 6 aromatic carbocycles. The van der Waals surface area contributed by atoms with E-state index in [2.05, 4.69) is 142 Å². The topological polar surface area (TPSA) is 87.2 Å². The maximum Gasteiger partial charge on any atom is 0.0970 e. The summed E-state index contributed by atoms with van der Waals surface area (Å²) in [4.78, 5) is 28.5. The summed E-state index contributed by atoms with van der Waals surface area (Å²) in [7, 11) is 0. The third kappa shape index (κ3) is 5.58. The van der Waals surface area contributed by atoms with Gasteiger partial charge in [0.15, 0.2) is 0 Å². The Labute approximate surface area is 401 Å². The third-order valence-electron chi connectivity index (χ3n) is 15.0. The number of hydrogen-bond donors (Lipinski definition) is 0. The molecule has 0 saturated carbocycles. The fourth-order valence-electron chi connectivity index (χ4n) is 11.7. The molecule has 70 heavy (non-hydrogen) atoms. The van der Waals surface area contributed by atoms with E-state index >= 15 is 0 Å². The number of rotatable bonds is 4. The monoisotopic (exact) mass is 896 g/mol. The average Bonchev–Trinajstić information content (AvgIpc) is 3.89. The maximum absolute atomic E-state index is 4.84. The Morgan fingerprint density at radius 3 is 1.24 bits per heavy atom. The third-order valence-corrected chi connectivity index (χ3v) is 15.0. The molecule has 1 aliphatic carbocycles. The number of hydrogen-bond acceptors (Lipinski definition) is 6. The van der Waals surface area contributed by atoms with Crippen molar-refractivity contribution in [2.24, 2.45) is 0 Å². The molecule has 0 saturated heterocycles. The van der Waals surface area contributed by atoms with Crippen molar-refractivity contribution < 1.29 is 0 Å². The standard InChI is InChI=1S/C62H40N8/c1-35-17-23-63-33-57(35)69-53-15-13-39(45-29-41-7-3-19-65-59(41)61-43(45)9-5-21-67-61)25-49(53)51-27-37-11-12-38-28-52-50-26-40(46-30-42-8-4-20-66-60(42)62-44(46)10-6-22-68-62)14-16-54(50)70(58-34-64-24-18-36(58)2)56(52)32-48(38)47(37)31-55(51)69/h3-10,13-34H,11-12H2,1-2H3. The largest absolute Gasteiger partial charge is 0.307 e. The summed E-state index contributed by atoms with van der Waals surface area (Å²) in [5.41, 5.74) is 22.6. The van der Waals surface area contributed by atoms with Gasteiger partial charge in [0, 0.05) is 80.3 Å². The molecule has 8 heteroatoms. The van der Waals surface area contributed by atoms with Crippen molar-refractivity contribution >= 4 is 87.2 Å². The Hall–Kier alpha value is -9.14. The predicted molar refractivity (Wildman–Crippen MR) is 285 cm³/mol. The Kier molecular flexibility index (Phi) is 8.16. The number of nitrogens with zero attached hydrogens (tertiary/aromatic N) is 8. The van der Waals surface area contributed by atoms with E-state index in [1.54, 1.807) is 0 Å². The first kappa shape index (κ1) is 38.9. The number of fused-ring (bicyclic) bond motifs is 15. The molecule has 0 radical (unpaired) electrons. The van der Waals surface area contributed by atoms with Gasteiger partial charge in [0.1, 0.15) is 0 Å². The van der Waals surface area contributed by atoms with Crippen LogP contribution in [0.3, 0.4) is 0 Å². The molecule has 0 N–H and O–H groups in total. The van der Waals surface area contributed by atoms with Gasteiger partial charge in [-0.05, 0) is 179 Å². The van der Waals surface area contributed by atoms with Crippen molar-refractivity contribution in [3.63, 3.8) is 0 Å². The van der Waals surface area contributed by atoms with Crippen molar-refractivity contribution in [2.45, 2.75) is 26.7 Å². The van der Waals surface area contributed by atoms with Crippen LogP contribution < -0.4 is 0 Å². The minimum atomic E-state index is 0.915. The Morgan fingerprint density at radius 2 is 0.786 bits per heavy atom. The van der Waals surface area contributed by atoms with Crippen molar-refractivity contribution in [1.82, 2.24) is 39.0 Å². The minimum Gasteiger partial charge on any atom is -0.307 e. The average molecular weight is 897 g/mol. The highest BCUT2D eigenvalue weighted by atomic mass is 15.0. The summed E-state index contributed by atoms with van der Waals surface area (Å²) < 4.78 is 4.85. The van der Waals surface area contributed by atoms with E-state index < -0.39 is 0 Å². The molecular formula is C62H40N8. The summed E-state index contributed by atoms with van der Waals surface area (Å²) in [6.45, 7) is 4.36. The van der Waals surface area contributed by atoms with E-state index in [9.17, 15) is 0 Å². The molecule has 0 aliphatic heterocycles. The van der Waals surface area contributed by atoms with Gasteiger partial charge in [-0.25, -0.2) is 0 Å². The zero-order valence-corrected chi connectivity index (χ0v) is 38.3. The summed E-state index contributed by atoms with van der Waals surface area (Å²) in [5.74, 6) is 0. The zero-order chi connectivity index (χ0) is 46.2. The van der Waals surface area contributed by atoms with Gasteiger partial charge in [0.05, 0.1) is 67.9 Å². The SMILES string of the molecule is Cc1ccncc1-n1c2ccc(-c3cc4cccnc4c4ncccc34)cc2c2cc3c(cc21)-c1cc2c(cc1CC3)c1cc(-c3cc4cccnc4c4ncccc34)ccc1n2-c1cnccc1C. The van der Waals surface area contributed by atoms with E-state index in [1.807, 2.05) is 73.8 Å². The molecular weight excluding hydrogens is 857 g/mol. The molecule has 328 valence electrons. The second-order valence-corrected chi connectivity index (χ2v) is 18.8.